The Bertz CT molecular complexity index is 1700. The summed E-state index contributed by atoms with van der Waals surface area (Å²) in [5, 5.41) is 12.8. The second-order valence-electron chi connectivity index (χ2n) is 8.78. The molecule has 6 rings (SSSR count). The van der Waals surface area contributed by atoms with Gasteiger partial charge in [0, 0.05) is 52.4 Å². The number of hydrogen-bond acceptors (Lipinski definition) is 4. The number of amides is 1. The molecule has 0 saturated carbocycles. The van der Waals surface area contributed by atoms with E-state index in [0.29, 0.717) is 12.1 Å². The van der Waals surface area contributed by atoms with Gasteiger partial charge in [0.2, 0.25) is 5.91 Å². The van der Waals surface area contributed by atoms with Crippen molar-refractivity contribution in [2.75, 3.05) is 5.32 Å². The fourth-order valence-corrected chi connectivity index (χ4v) is 4.57. The lowest BCUT2D eigenvalue weighted by Gasteiger charge is -2.07. The highest BCUT2D eigenvalue weighted by Gasteiger charge is 2.14. The smallest absolute Gasteiger partial charge is 0.224 e. The van der Waals surface area contributed by atoms with E-state index in [9.17, 15) is 4.79 Å². The van der Waals surface area contributed by atoms with Crippen LogP contribution in [0.15, 0.2) is 85.5 Å². The molecule has 4 aromatic heterocycles. The monoisotopic (exact) mass is 472 g/mol. The molecule has 6 aromatic rings. The topological polar surface area (TPSA) is 99.3 Å². The van der Waals surface area contributed by atoms with Crippen molar-refractivity contribution in [3.05, 3.63) is 85.5 Å². The second-order valence-corrected chi connectivity index (χ2v) is 8.78. The lowest BCUT2D eigenvalue weighted by molar-refractivity contribution is -0.116. The molecule has 0 unspecified atom stereocenters. The molecule has 0 spiro atoms. The van der Waals surface area contributed by atoms with Crippen LogP contribution < -0.4 is 5.32 Å². The second kappa shape index (κ2) is 9.11. The maximum Gasteiger partial charge on any atom is 0.224 e. The van der Waals surface area contributed by atoms with Gasteiger partial charge in [-0.15, -0.1) is 0 Å². The van der Waals surface area contributed by atoms with Gasteiger partial charge in [-0.3, -0.25) is 19.9 Å². The Morgan fingerprint density at radius 3 is 2.64 bits per heavy atom. The summed E-state index contributed by atoms with van der Waals surface area (Å²) in [5.74, 6) is -0.00603. The highest BCUT2D eigenvalue weighted by atomic mass is 16.1. The Kier molecular flexibility index (Phi) is 5.50. The van der Waals surface area contributed by atoms with Crippen LogP contribution in [0.4, 0.5) is 5.69 Å². The molecule has 0 atom stereocenters. The number of rotatable bonds is 6. The van der Waals surface area contributed by atoms with Crippen molar-refractivity contribution >= 4 is 33.4 Å². The van der Waals surface area contributed by atoms with Crippen molar-refractivity contribution in [1.29, 1.82) is 0 Å². The molecular formula is C29H24N6O. The summed E-state index contributed by atoms with van der Waals surface area (Å²) >= 11 is 0. The summed E-state index contributed by atoms with van der Waals surface area (Å²) in [5.41, 5.74) is 8.57. The van der Waals surface area contributed by atoms with Crippen LogP contribution in [-0.2, 0) is 4.79 Å². The van der Waals surface area contributed by atoms with E-state index in [4.69, 9.17) is 0 Å². The molecule has 1 amide bonds. The van der Waals surface area contributed by atoms with Gasteiger partial charge in [0.25, 0.3) is 0 Å². The molecule has 0 fully saturated rings. The molecule has 176 valence electrons. The number of benzene rings is 2. The Labute approximate surface area is 207 Å². The number of pyridine rings is 2. The molecule has 7 nitrogen and oxygen atoms in total. The summed E-state index contributed by atoms with van der Waals surface area (Å²) in [7, 11) is 0. The molecule has 0 aliphatic heterocycles. The zero-order chi connectivity index (χ0) is 24.5. The molecule has 0 saturated heterocycles. The highest BCUT2D eigenvalue weighted by Crippen LogP contribution is 2.35. The number of anilines is 1. The maximum atomic E-state index is 12.0. The van der Waals surface area contributed by atoms with Crippen LogP contribution in [0.1, 0.15) is 19.8 Å². The van der Waals surface area contributed by atoms with Gasteiger partial charge in [-0.1, -0.05) is 31.2 Å². The lowest BCUT2D eigenvalue weighted by atomic mass is 10.0. The van der Waals surface area contributed by atoms with Crippen molar-refractivity contribution in [3.8, 4) is 33.6 Å². The predicted octanol–water partition coefficient (Wildman–Crippen LogP) is 6.57. The first-order valence-corrected chi connectivity index (χ1v) is 12.0. The number of aromatic nitrogens is 5. The molecule has 0 aliphatic carbocycles. The zero-order valence-corrected chi connectivity index (χ0v) is 19.7. The van der Waals surface area contributed by atoms with Crippen molar-refractivity contribution in [2.45, 2.75) is 19.8 Å². The van der Waals surface area contributed by atoms with Crippen molar-refractivity contribution < 1.29 is 4.79 Å². The zero-order valence-electron chi connectivity index (χ0n) is 19.7. The maximum absolute atomic E-state index is 12.0. The fraction of sp³-hybridized carbons (Fsp3) is 0.103. The number of fused-ring (bicyclic) bond motifs is 2. The lowest BCUT2D eigenvalue weighted by Crippen LogP contribution is -2.10. The van der Waals surface area contributed by atoms with E-state index in [2.05, 4.69) is 60.8 Å². The van der Waals surface area contributed by atoms with Crippen LogP contribution in [0.3, 0.4) is 0 Å². The third kappa shape index (κ3) is 4.01. The summed E-state index contributed by atoms with van der Waals surface area (Å²) in [6.07, 6.45) is 8.43. The molecule has 36 heavy (non-hydrogen) atoms. The Hall–Kier alpha value is -4.78. The van der Waals surface area contributed by atoms with Gasteiger partial charge in [-0.05, 0) is 53.9 Å². The highest BCUT2D eigenvalue weighted by molar-refractivity contribution is 6.02. The minimum absolute atomic E-state index is 0.00603. The third-order valence-corrected chi connectivity index (χ3v) is 6.29. The third-order valence-electron chi connectivity index (χ3n) is 6.29. The van der Waals surface area contributed by atoms with Crippen LogP contribution in [0.25, 0.3) is 55.4 Å². The van der Waals surface area contributed by atoms with E-state index in [0.717, 1.165) is 61.9 Å². The number of carbonyl (C=O) groups excluding carboxylic acids is 1. The van der Waals surface area contributed by atoms with Crippen LogP contribution in [0.2, 0.25) is 0 Å². The van der Waals surface area contributed by atoms with Gasteiger partial charge in [0.1, 0.15) is 5.69 Å². The molecule has 0 aliphatic rings. The van der Waals surface area contributed by atoms with Gasteiger partial charge >= 0.3 is 0 Å². The van der Waals surface area contributed by atoms with Crippen LogP contribution >= 0.6 is 0 Å². The predicted molar refractivity (Wildman–Crippen MR) is 143 cm³/mol. The summed E-state index contributed by atoms with van der Waals surface area (Å²) < 4.78 is 0. The van der Waals surface area contributed by atoms with E-state index in [-0.39, 0.29) is 5.91 Å². The number of hydrogen-bond donors (Lipinski definition) is 3. The molecular weight excluding hydrogens is 448 g/mol. The molecule has 0 radical (unpaired) electrons. The Balaban J connectivity index is 1.40. The Morgan fingerprint density at radius 2 is 1.78 bits per heavy atom. The quantitative estimate of drug-likeness (QED) is 0.255. The van der Waals surface area contributed by atoms with Crippen molar-refractivity contribution in [2.24, 2.45) is 0 Å². The van der Waals surface area contributed by atoms with Gasteiger partial charge in [0.05, 0.1) is 23.1 Å². The standard InChI is InChI=1S/C29H24N6O/c1-2-5-28(36)32-21-12-20(16-31-17-21)18-9-10-26-24(13-18)29(35-34-26)27-14-23-22(7-3-8-25(23)33-27)19-6-4-11-30-15-19/h3-4,6-17,33H,2,5H2,1H3,(H,32,36)(H,34,35). The number of aromatic amines is 2. The normalized spacial score (nSPS) is 11.2. The van der Waals surface area contributed by atoms with E-state index in [1.165, 1.54) is 0 Å². The number of nitrogens with one attached hydrogen (secondary N) is 3. The first-order valence-electron chi connectivity index (χ1n) is 12.0. The summed E-state index contributed by atoms with van der Waals surface area (Å²) in [6.45, 7) is 1.98. The van der Waals surface area contributed by atoms with E-state index >= 15 is 0 Å². The Morgan fingerprint density at radius 1 is 0.861 bits per heavy atom. The van der Waals surface area contributed by atoms with Crippen LogP contribution in [0.5, 0.6) is 0 Å². The van der Waals surface area contributed by atoms with Crippen molar-refractivity contribution in [1.82, 2.24) is 25.1 Å². The molecule has 0 bridgehead atoms. The van der Waals surface area contributed by atoms with Gasteiger partial charge in [-0.2, -0.15) is 5.10 Å². The van der Waals surface area contributed by atoms with E-state index < -0.39 is 0 Å². The minimum Gasteiger partial charge on any atom is -0.353 e. The number of H-pyrrole nitrogens is 2. The van der Waals surface area contributed by atoms with Gasteiger partial charge < -0.3 is 10.3 Å². The summed E-state index contributed by atoms with van der Waals surface area (Å²) in [4.78, 5) is 24.2. The van der Waals surface area contributed by atoms with Gasteiger partial charge in [0.15, 0.2) is 0 Å². The van der Waals surface area contributed by atoms with E-state index in [1.807, 2.05) is 43.5 Å². The molecule has 2 aromatic carbocycles. The number of carbonyl (C=O) groups is 1. The average molecular weight is 473 g/mol. The van der Waals surface area contributed by atoms with Crippen LogP contribution in [0, 0.1) is 0 Å². The molecule has 3 N–H and O–H groups in total. The van der Waals surface area contributed by atoms with Crippen LogP contribution in [-0.4, -0.2) is 31.1 Å². The minimum atomic E-state index is -0.00603. The largest absolute Gasteiger partial charge is 0.353 e. The van der Waals surface area contributed by atoms with E-state index in [1.54, 1.807) is 18.6 Å². The molecule has 7 heteroatoms. The summed E-state index contributed by atoms with van der Waals surface area (Å²) in [6, 6.07) is 20.5. The van der Waals surface area contributed by atoms with Gasteiger partial charge in [-0.25, -0.2) is 0 Å². The first-order chi connectivity index (χ1) is 17.7. The first kappa shape index (κ1) is 21.7. The van der Waals surface area contributed by atoms with Crippen molar-refractivity contribution in [3.63, 3.8) is 0 Å². The molecule has 4 heterocycles. The SMILES string of the molecule is CCCC(=O)Nc1cncc(-c2ccc3[nH]nc(-c4cc5c(-c6cccnc6)cccc5[nH]4)c3c2)c1. The average Bonchev–Trinajstić information content (AvgIpc) is 3.53. The number of nitrogens with zero attached hydrogens (tertiary/aromatic N) is 3. The fourth-order valence-electron chi connectivity index (χ4n) is 4.57.